The predicted molar refractivity (Wildman–Crippen MR) is 83.0 cm³/mol. The number of aromatic nitrogens is 2. The van der Waals surface area contributed by atoms with E-state index in [1.807, 2.05) is 0 Å². The number of ether oxygens (including phenoxy) is 1. The molecule has 1 saturated carbocycles. The first kappa shape index (κ1) is 15.7. The fourth-order valence-electron chi connectivity index (χ4n) is 2.97. The molecular formula is C15H27N3OS. The van der Waals surface area contributed by atoms with E-state index in [4.69, 9.17) is 4.74 Å². The summed E-state index contributed by atoms with van der Waals surface area (Å²) < 4.78 is 6.18. The number of hydrogen-bond acceptors (Lipinski definition) is 5. The lowest BCUT2D eigenvalue weighted by Crippen LogP contribution is -2.36. The van der Waals surface area contributed by atoms with E-state index in [0.717, 1.165) is 35.6 Å². The van der Waals surface area contributed by atoms with Gasteiger partial charge in [0.1, 0.15) is 11.1 Å². The molecule has 0 aromatic carbocycles. The molecule has 0 spiro atoms. The Morgan fingerprint density at radius 2 is 2.15 bits per heavy atom. The third-order valence-corrected chi connectivity index (χ3v) is 5.00. The second kappa shape index (κ2) is 7.36. The molecule has 1 aliphatic carbocycles. The van der Waals surface area contributed by atoms with Gasteiger partial charge in [-0.15, -0.1) is 5.10 Å². The van der Waals surface area contributed by atoms with E-state index in [2.05, 4.69) is 43.2 Å². The van der Waals surface area contributed by atoms with E-state index in [-0.39, 0.29) is 0 Å². The zero-order valence-corrected chi connectivity index (χ0v) is 13.9. The first-order chi connectivity index (χ1) is 9.60. The Morgan fingerprint density at radius 1 is 1.35 bits per heavy atom. The van der Waals surface area contributed by atoms with Crippen LogP contribution < -0.4 is 10.1 Å². The monoisotopic (exact) mass is 297 g/mol. The molecule has 3 atom stereocenters. The van der Waals surface area contributed by atoms with E-state index in [0.29, 0.717) is 17.9 Å². The summed E-state index contributed by atoms with van der Waals surface area (Å²) in [6.07, 6.45) is 4.04. The largest absolute Gasteiger partial charge is 0.465 e. The maximum atomic E-state index is 6.18. The van der Waals surface area contributed by atoms with E-state index >= 15 is 0 Å². The molecule has 3 unspecified atom stereocenters. The summed E-state index contributed by atoms with van der Waals surface area (Å²) in [5, 5.41) is 13.4. The second-order valence-corrected chi connectivity index (χ2v) is 7.25. The molecule has 20 heavy (non-hydrogen) atoms. The van der Waals surface area contributed by atoms with E-state index in [1.54, 1.807) is 11.3 Å². The van der Waals surface area contributed by atoms with Gasteiger partial charge in [-0.25, -0.2) is 0 Å². The first-order valence-electron chi connectivity index (χ1n) is 7.79. The van der Waals surface area contributed by atoms with Crippen LogP contribution in [-0.4, -0.2) is 22.8 Å². The van der Waals surface area contributed by atoms with Crippen molar-refractivity contribution in [2.75, 3.05) is 6.54 Å². The average Bonchev–Trinajstić information content (AvgIpc) is 2.83. The lowest BCUT2D eigenvalue weighted by Gasteiger charge is -2.36. The quantitative estimate of drug-likeness (QED) is 0.873. The standard InChI is InChI=1S/C15H27N3OS/c1-5-16-9-14-17-18-15(20-14)19-13-8-11(4)6-7-12(13)10(2)3/h10-13,16H,5-9H2,1-4H3. The Hall–Kier alpha value is -0.680. The number of nitrogens with zero attached hydrogens (tertiary/aromatic N) is 2. The Bertz CT molecular complexity index is 408. The lowest BCUT2D eigenvalue weighted by atomic mass is 9.75. The predicted octanol–water partition coefficient (Wildman–Crippen LogP) is 3.49. The van der Waals surface area contributed by atoms with Crippen LogP contribution in [0.4, 0.5) is 0 Å². The molecule has 1 aromatic rings. The van der Waals surface area contributed by atoms with Crippen molar-refractivity contribution in [3.8, 4) is 5.19 Å². The van der Waals surface area contributed by atoms with Crippen molar-refractivity contribution in [2.24, 2.45) is 17.8 Å². The van der Waals surface area contributed by atoms with Crippen LogP contribution in [0.15, 0.2) is 0 Å². The Labute approximate surface area is 126 Å². The van der Waals surface area contributed by atoms with Crippen LogP contribution in [0.5, 0.6) is 5.19 Å². The first-order valence-corrected chi connectivity index (χ1v) is 8.61. The van der Waals surface area contributed by atoms with E-state index in [1.165, 1.54) is 12.8 Å². The average molecular weight is 297 g/mol. The molecule has 0 saturated heterocycles. The van der Waals surface area contributed by atoms with Gasteiger partial charge in [0.25, 0.3) is 5.19 Å². The van der Waals surface area contributed by atoms with Gasteiger partial charge in [-0.1, -0.05) is 50.6 Å². The number of nitrogens with one attached hydrogen (secondary N) is 1. The minimum absolute atomic E-state index is 0.304. The van der Waals surface area contributed by atoms with Crippen molar-refractivity contribution >= 4 is 11.3 Å². The summed E-state index contributed by atoms with van der Waals surface area (Å²) in [5.41, 5.74) is 0. The normalized spacial score (nSPS) is 26.9. The van der Waals surface area contributed by atoms with Crippen LogP contribution in [-0.2, 0) is 6.54 Å². The fourth-order valence-corrected chi connectivity index (χ4v) is 3.68. The lowest BCUT2D eigenvalue weighted by molar-refractivity contribution is 0.0453. The van der Waals surface area contributed by atoms with Crippen LogP contribution >= 0.6 is 11.3 Å². The van der Waals surface area contributed by atoms with Crippen LogP contribution in [0.2, 0.25) is 0 Å². The summed E-state index contributed by atoms with van der Waals surface area (Å²) in [4.78, 5) is 0. The highest BCUT2D eigenvalue weighted by molar-refractivity contribution is 7.13. The molecule has 0 aliphatic heterocycles. The Balaban J connectivity index is 1.97. The molecule has 1 N–H and O–H groups in total. The highest BCUT2D eigenvalue weighted by Crippen LogP contribution is 2.36. The highest BCUT2D eigenvalue weighted by atomic mass is 32.1. The third-order valence-electron chi connectivity index (χ3n) is 4.19. The van der Waals surface area contributed by atoms with Gasteiger partial charge in [0.05, 0.1) is 0 Å². The van der Waals surface area contributed by atoms with Crippen molar-refractivity contribution in [3.63, 3.8) is 0 Å². The van der Waals surface area contributed by atoms with Crippen LogP contribution in [0, 0.1) is 17.8 Å². The van der Waals surface area contributed by atoms with Crippen molar-refractivity contribution in [2.45, 2.75) is 59.6 Å². The van der Waals surface area contributed by atoms with Crippen LogP contribution in [0.1, 0.15) is 52.0 Å². The van der Waals surface area contributed by atoms with Crippen LogP contribution in [0.25, 0.3) is 0 Å². The van der Waals surface area contributed by atoms with Gasteiger partial charge in [0.15, 0.2) is 0 Å². The number of rotatable bonds is 6. The smallest absolute Gasteiger partial charge is 0.294 e. The Morgan fingerprint density at radius 3 is 2.85 bits per heavy atom. The molecule has 114 valence electrons. The Kier molecular flexibility index (Phi) is 5.78. The van der Waals surface area contributed by atoms with Gasteiger partial charge >= 0.3 is 0 Å². The molecule has 4 nitrogen and oxygen atoms in total. The molecule has 1 fully saturated rings. The zero-order valence-electron chi connectivity index (χ0n) is 13.1. The molecule has 1 heterocycles. The SMILES string of the molecule is CCNCc1nnc(OC2CC(C)CCC2C(C)C)s1. The molecule has 0 bridgehead atoms. The summed E-state index contributed by atoms with van der Waals surface area (Å²) in [7, 11) is 0. The van der Waals surface area contributed by atoms with Crippen molar-refractivity contribution in [3.05, 3.63) is 5.01 Å². The highest BCUT2D eigenvalue weighted by Gasteiger charge is 2.32. The maximum absolute atomic E-state index is 6.18. The fraction of sp³-hybridized carbons (Fsp3) is 0.867. The maximum Gasteiger partial charge on any atom is 0.294 e. The minimum Gasteiger partial charge on any atom is -0.465 e. The van der Waals surface area contributed by atoms with Gasteiger partial charge in [-0.05, 0) is 37.1 Å². The molecule has 2 rings (SSSR count). The van der Waals surface area contributed by atoms with Gasteiger partial charge in [-0.2, -0.15) is 0 Å². The van der Waals surface area contributed by atoms with E-state index < -0.39 is 0 Å². The van der Waals surface area contributed by atoms with Gasteiger partial charge in [0, 0.05) is 6.54 Å². The summed E-state index contributed by atoms with van der Waals surface area (Å²) in [6, 6.07) is 0. The molecular weight excluding hydrogens is 270 g/mol. The van der Waals surface area contributed by atoms with Crippen molar-refractivity contribution in [1.29, 1.82) is 0 Å². The van der Waals surface area contributed by atoms with Gasteiger partial charge in [-0.3, -0.25) is 0 Å². The molecule has 0 amide bonds. The molecule has 0 radical (unpaired) electrons. The molecule has 5 heteroatoms. The zero-order chi connectivity index (χ0) is 14.5. The van der Waals surface area contributed by atoms with E-state index in [9.17, 15) is 0 Å². The molecule has 1 aromatic heterocycles. The van der Waals surface area contributed by atoms with Crippen molar-refractivity contribution in [1.82, 2.24) is 15.5 Å². The minimum atomic E-state index is 0.304. The summed E-state index contributed by atoms with van der Waals surface area (Å²) in [6.45, 7) is 10.7. The second-order valence-electron chi connectivity index (χ2n) is 6.22. The van der Waals surface area contributed by atoms with Crippen LogP contribution in [0.3, 0.4) is 0 Å². The third kappa shape index (κ3) is 4.16. The summed E-state index contributed by atoms with van der Waals surface area (Å²) in [5.74, 6) is 2.07. The van der Waals surface area contributed by atoms with Crippen molar-refractivity contribution < 1.29 is 4.74 Å². The molecule has 1 aliphatic rings. The van der Waals surface area contributed by atoms with Gasteiger partial charge in [0.2, 0.25) is 0 Å². The summed E-state index contributed by atoms with van der Waals surface area (Å²) >= 11 is 1.57. The number of hydrogen-bond donors (Lipinski definition) is 1. The topological polar surface area (TPSA) is 47.0 Å². The van der Waals surface area contributed by atoms with Gasteiger partial charge < -0.3 is 10.1 Å².